The zero-order valence-electron chi connectivity index (χ0n) is 7.87. The van der Waals surface area contributed by atoms with Crippen molar-refractivity contribution in [3.8, 4) is 0 Å². The van der Waals surface area contributed by atoms with Crippen LogP contribution in [0.1, 0.15) is 11.1 Å². The minimum atomic E-state index is -0.110. The number of hydrazine groups is 1. The van der Waals surface area contributed by atoms with Gasteiger partial charge in [-0.2, -0.15) is 0 Å². The van der Waals surface area contributed by atoms with Crippen molar-refractivity contribution in [3.63, 3.8) is 0 Å². The zero-order valence-corrected chi connectivity index (χ0v) is 7.87. The quantitative estimate of drug-likeness (QED) is 0.671. The Hall–Kier alpha value is -1.84. The molecular formula is C10H11N3O. The normalized spacial score (nSPS) is 15.5. The molecule has 2 rings (SSSR count). The average Bonchev–Trinajstić information content (AvgIpc) is 2.21. The number of nitrogens with zero attached hydrogens (tertiary/aromatic N) is 1. The lowest BCUT2D eigenvalue weighted by atomic mass is 10.1. The number of amidine groups is 1. The summed E-state index contributed by atoms with van der Waals surface area (Å²) in [6.07, 6.45) is 0. The Morgan fingerprint density at radius 2 is 1.93 bits per heavy atom. The van der Waals surface area contributed by atoms with Gasteiger partial charge in [-0.1, -0.05) is 29.8 Å². The van der Waals surface area contributed by atoms with Crippen LogP contribution < -0.4 is 10.9 Å². The summed E-state index contributed by atoms with van der Waals surface area (Å²) in [4.78, 5) is 14.9. The van der Waals surface area contributed by atoms with Crippen LogP contribution in [-0.4, -0.2) is 18.3 Å². The second-order valence-corrected chi connectivity index (χ2v) is 3.20. The highest BCUT2D eigenvalue weighted by Gasteiger charge is 2.10. The molecule has 1 amide bonds. The number of hydrogen-bond acceptors (Lipinski definition) is 3. The molecule has 4 nitrogen and oxygen atoms in total. The molecule has 0 spiro atoms. The van der Waals surface area contributed by atoms with Gasteiger partial charge in [0.15, 0.2) is 0 Å². The van der Waals surface area contributed by atoms with Crippen LogP contribution in [-0.2, 0) is 4.79 Å². The molecule has 4 heteroatoms. The first-order valence-electron chi connectivity index (χ1n) is 4.42. The van der Waals surface area contributed by atoms with Crippen LogP contribution in [0.15, 0.2) is 29.3 Å². The summed E-state index contributed by atoms with van der Waals surface area (Å²) in [5.74, 6) is 0.602. The van der Waals surface area contributed by atoms with E-state index >= 15 is 0 Å². The smallest absolute Gasteiger partial charge is 0.260 e. The number of nitrogens with one attached hydrogen (secondary N) is 2. The highest BCUT2D eigenvalue weighted by Crippen LogP contribution is 2.04. The SMILES string of the molecule is Cc1ccc(C2=NCC(=O)NN2)cc1. The molecule has 14 heavy (non-hydrogen) atoms. The van der Waals surface area contributed by atoms with Crippen molar-refractivity contribution in [2.45, 2.75) is 6.92 Å². The minimum Gasteiger partial charge on any atom is -0.282 e. The van der Waals surface area contributed by atoms with Gasteiger partial charge >= 0.3 is 0 Å². The van der Waals surface area contributed by atoms with E-state index in [0.717, 1.165) is 5.56 Å². The number of carbonyl (C=O) groups excluding carboxylic acids is 1. The molecule has 72 valence electrons. The van der Waals surface area contributed by atoms with Crippen LogP contribution >= 0.6 is 0 Å². The van der Waals surface area contributed by atoms with E-state index in [-0.39, 0.29) is 12.5 Å². The van der Waals surface area contributed by atoms with Gasteiger partial charge in [0.05, 0.1) is 0 Å². The van der Waals surface area contributed by atoms with Crippen molar-refractivity contribution in [1.29, 1.82) is 0 Å². The van der Waals surface area contributed by atoms with Crippen LogP contribution in [0, 0.1) is 6.92 Å². The van der Waals surface area contributed by atoms with Crippen LogP contribution in [0.3, 0.4) is 0 Å². The molecule has 0 saturated heterocycles. The van der Waals surface area contributed by atoms with Crippen molar-refractivity contribution >= 4 is 11.7 Å². The van der Waals surface area contributed by atoms with E-state index in [1.165, 1.54) is 5.56 Å². The van der Waals surface area contributed by atoms with Gasteiger partial charge < -0.3 is 0 Å². The van der Waals surface area contributed by atoms with E-state index in [9.17, 15) is 4.79 Å². The summed E-state index contributed by atoms with van der Waals surface area (Å²) in [6, 6.07) is 7.96. The van der Waals surface area contributed by atoms with Crippen LogP contribution in [0.4, 0.5) is 0 Å². The summed E-state index contributed by atoms with van der Waals surface area (Å²) in [7, 11) is 0. The van der Waals surface area contributed by atoms with Gasteiger partial charge in [0.1, 0.15) is 12.4 Å². The third-order valence-electron chi connectivity index (χ3n) is 2.03. The fourth-order valence-corrected chi connectivity index (χ4v) is 1.23. The van der Waals surface area contributed by atoms with Crippen molar-refractivity contribution in [1.82, 2.24) is 10.9 Å². The number of aliphatic imine (C=N–C) groups is 1. The number of amides is 1. The first-order valence-corrected chi connectivity index (χ1v) is 4.42. The molecule has 0 radical (unpaired) electrons. The van der Waals surface area contributed by atoms with Gasteiger partial charge in [-0.3, -0.25) is 20.6 Å². The van der Waals surface area contributed by atoms with Crippen LogP contribution in [0.5, 0.6) is 0 Å². The second-order valence-electron chi connectivity index (χ2n) is 3.20. The topological polar surface area (TPSA) is 53.5 Å². The van der Waals surface area contributed by atoms with Crippen molar-refractivity contribution in [2.75, 3.05) is 6.54 Å². The molecule has 1 heterocycles. The van der Waals surface area contributed by atoms with Crippen molar-refractivity contribution < 1.29 is 4.79 Å². The Labute approximate surface area is 82.0 Å². The van der Waals surface area contributed by atoms with E-state index in [1.54, 1.807) is 0 Å². The number of aryl methyl sites for hydroxylation is 1. The van der Waals surface area contributed by atoms with Gasteiger partial charge in [-0.15, -0.1) is 0 Å². The summed E-state index contributed by atoms with van der Waals surface area (Å²) < 4.78 is 0. The Kier molecular flexibility index (Phi) is 2.18. The molecule has 1 aromatic rings. The van der Waals surface area contributed by atoms with E-state index in [2.05, 4.69) is 15.8 Å². The third kappa shape index (κ3) is 1.74. The van der Waals surface area contributed by atoms with E-state index in [1.807, 2.05) is 31.2 Å². The summed E-state index contributed by atoms with van der Waals surface area (Å²) in [6.45, 7) is 2.22. The second kappa shape index (κ2) is 3.49. The summed E-state index contributed by atoms with van der Waals surface area (Å²) >= 11 is 0. The van der Waals surface area contributed by atoms with Gasteiger partial charge in [0, 0.05) is 5.56 Å². The van der Waals surface area contributed by atoms with E-state index in [4.69, 9.17) is 0 Å². The summed E-state index contributed by atoms with van der Waals surface area (Å²) in [5, 5.41) is 0. The van der Waals surface area contributed by atoms with Gasteiger partial charge in [0.2, 0.25) is 0 Å². The first kappa shape index (κ1) is 8.74. The van der Waals surface area contributed by atoms with E-state index in [0.29, 0.717) is 5.84 Å². The van der Waals surface area contributed by atoms with Crippen molar-refractivity contribution in [2.24, 2.45) is 4.99 Å². The van der Waals surface area contributed by atoms with Crippen molar-refractivity contribution in [3.05, 3.63) is 35.4 Å². The maximum atomic E-state index is 10.8. The Balaban J connectivity index is 2.23. The third-order valence-corrected chi connectivity index (χ3v) is 2.03. The Bertz CT molecular complexity index is 381. The minimum absolute atomic E-state index is 0.110. The monoisotopic (exact) mass is 189 g/mol. The lowest BCUT2D eigenvalue weighted by Crippen LogP contribution is -2.47. The standard InChI is InChI=1S/C10H11N3O/c1-7-2-4-8(5-3-7)10-11-6-9(14)12-13-10/h2-5H,6H2,1H3,(H,11,13)(H,12,14). The van der Waals surface area contributed by atoms with Gasteiger partial charge in [-0.05, 0) is 6.92 Å². The molecular weight excluding hydrogens is 178 g/mol. The predicted octanol–water partition coefficient (Wildman–Crippen LogP) is 0.376. The summed E-state index contributed by atoms with van der Waals surface area (Å²) in [5.41, 5.74) is 7.47. The molecule has 0 bridgehead atoms. The molecule has 2 N–H and O–H groups in total. The fraction of sp³-hybridized carbons (Fsp3) is 0.200. The molecule has 0 unspecified atom stereocenters. The molecule has 0 atom stereocenters. The highest BCUT2D eigenvalue weighted by atomic mass is 16.2. The average molecular weight is 189 g/mol. The number of carbonyl (C=O) groups is 1. The lowest BCUT2D eigenvalue weighted by Gasteiger charge is -2.15. The highest BCUT2D eigenvalue weighted by molar-refractivity contribution is 6.02. The molecule has 1 aliphatic heterocycles. The number of rotatable bonds is 1. The fourth-order valence-electron chi connectivity index (χ4n) is 1.23. The predicted molar refractivity (Wildman–Crippen MR) is 53.9 cm³/mol. The maximum absolute atomic E-state index is 10.8. The number of hydrogen-bond donors (Lipinski definition) is 2. The molecule has 0 fully saturated rings. The first-order chi connectivity index (χ1) is 6.75. The number of benzene rings is 1. The molecule has 1 aliphatic rings. The molecule has 0 aromatic heterocycles. The van der Waals surface area contributed by atoms with Crippen LogP contribution in [0.2, 0.25) is 0 Å². The van der Waals surface area contributed by atoms with Crippen LogP contribution in [0.25, 0.3) is 0 Å². The van der Waals surface area contributed by atoms with Gasteiger partial charge in [-0.25, -0.2) is 0 Å². The van der Waals surface area contributed by atoms with Gasteiger partial charge in [0.25, 0.3) is 5.91 Å². The van der Waals surface area contributed by atoms with E-state index < -0.39 is 0 Å². The molecule has 0 aliphatic carbocycles. The Morgan fingerprint density at radius 3 is 2.50 bits per heavy atom. The maximum Gasteiger partial charge on any atom is 0.260 e. The Morgan fingerprint density at radius 1 is 1.21 bits per heavy atom. The molecule has 0 saturated carbocycles. The zero-order chi connectivity index (χ0) is 9.97. The largest absolute Gasteiger partial charge is 0.282 e. The lowest BCUT2D eigenvalue weighted by molar-refractivity contribution is -0.120. The molecule has 1 aromatic carbocycles.